The Balaban J connectivity index is 1.66. The Labute approximate surface area is 156 Å². The Hall–Kier alpha value is -3.15. The minimum absolute atomic E-state index is 0.0700. The Kier molecular flexibility index (Phi) is 3.53. The summed E-state index contributed by atoms with van der Waals surface area (Å²) in [5, 5.41) is 3.33. The molecule has 1 N–H and O–H groups in total. The molecule has 0 saturated heterocycles. The number of anilines is 1. The van der Waals surface area contributed by atoms with Crippen LogP contribution in [-0.4, -0.2) is 25.5 Å². The smallest absolute Gasteiger partial charge is 0.337 e. The second-order valence-corrected chi connectivity index (χ2v) is 7.06. The van der Waals surface area contributed by atoms with Gasteiger partial charge in [-0.3, -0.25) is 0 Å². The summed E-state index contributed by atoms with van der Waals surface area (Å²) in [5.74, 6) is 1.62. The average molecular weight is 365 g/mol. The zero-order valence-corrected chi connectivity index (χ0v) is 15.1. The van der Waals surface area contributed by atoms with Crippen LogP contribution in [0.25, 0.3) is 0 Å². The summed E-state index contributed by atoms with van der Waals surface area (Å²) in [6, 6.07) is 11.7. The van der Waals surface area contributed by atoms with Crippen LogP contribution in [-0.2, 0) is 9.53 Å². The molecule has 0 saturated carbocycles. The summed E-state index contributed by atoms with van der Waals surface area (Å²) in [5.41, 5.74) is 4.27. The molecule has 3 aliphatic rings. The molecule has 3 aliphatic heterocycles. The summed E-state index contributed by atoms with van der Waals surface area (Å²) in [7, 11) is 0. The van der Waals surface area contributed by atoms with Gasteiger partial charge >= 0.3 is 5.97 Å². The minimum atomic E-state index is -0.291. The van der Waals surface area contributed by atoms with Gasteiger partial charge in [-0.15, -0.1) is 0 Å². The summed E-state index contributed by atoms with van der Waals surface area (Å²) >= 11 is 0. The fourth-order valence-electron chi connectivity index (χ4n) is 3.82. The fraction of sp³-hybridized carbons (Fsp3) is 0.286. The van der Waals surface area contributed by atoms with Crippen molar-refractivity contribution in [1.82, 2.24) is 0 Å². The molecule has 0 bridgehead atoms. The van der Waals surface area contributed by atoms with Gasteiger partial charge < -0.3 is 24.3 Å². The van der Waals surface area contributed by atoms with Gasteiger partial charge in [-0.2, -0.15) is 0 Å². The van der Waals surface area contributed by atoms with Crippen molar-refractivity contribution >= 4 is 11.7 Å². The van der Waals surface area contributed by atoms with Crippen molar-refractivity contribution in [3.8, 4) is 17.2 Å². The SMILES string of the molecule is CC(C)Oc1cccc(C2C3=C(COC3=O)Nc3cc4c(cc32)OCO4)c1. The van der Waals surface area contributed by atoms with Crippen molar-refractivity contribution in [1.29, 1.82) is 0 Å². The molecule has 5 rings (SSSR count). The number of benzene rings is 2. The van der Waals surface area contributed by atoms with Crippen LogP contribution in [0.5, 0.6) is 17.2 Å². The standard InChI is InChI=1S/C21H19NO5/c1-11(2)27-13-5-3-4-12(6-13)19-14-7-17-18(26-10-25-17)8-15(14)22-16-9-24-21(23)20(16)19/h3-8,11,19,22H,9-10H2,1-2H3. The van der Waals surface area contributed by atoms with E-state index >= 15 is 0 Å². The number of nitrogens with one attached hydrogen (secondary N) is 1. The lowest BCUT2D eigenvalue weighted by Gasteiger charge is -2.27. The van der Waals surface area contributed by atoms with Gasteiger partial charge in [0.25, 0.3) is 0 Å². The maximum Gasteiger partial charge on any atom is 0.337 e. The maximum atomic E-state index is 12.5. The third-order valence-electron chi connectivity index (χ3n) is 4.89. The van der Waals surface area contributed by atoms with Crippen LogP contribution in [0, 0.1) is 0 Å². The molecule has 1 atom stereocenters. The Morgan fingerprint density at radius 2 is 1.93 bits per heavy atom. The molecule has 2 aromatic rings. The monoisotopic (exact) mass is 365 g/mol. The van der Waals surface area contributed by atoms with Gasteiger partial charge in [0, 0.05) is 17.7 Å². The predicted octanol–water partition coefficient (Wildman–Crippen LogP) is 3.57. The van der Waals surface area contributed by atoms with Crippen molar-refractivity contribution in [3.63, 3.8) is 0 Å². The molecule has 0 spiro atoms. The van der Waals surface area contributed by atoms with E-state index in [1.165, 1.54) is 0 Å². The Bertz CT molecular complexity index is 979. The number of ether oxygens (including phenoxy) is 4. The fourth-order valence-corrected chi connectivity index (χ4v) is 3.82. The van der Waals surface area contributed by atoms with Crippen LogP contribution in [0.4, 0.5) is 5.69 Å². The summed E-state index contributed by atoms with van der Waals surface area (Å²) in [6.45, 7) is 4.43. The number of rotatable bonds is 3. The zero-order chi connectivity index (χ0) is 18.5. The minimum Gasteiger partial charge on any atom is -0.491 e. The van der Waals surface area contributed by atoms with Crippen molar-refractivity contribution in [2.24, 2.45) is 0 Å². The molecular formula is C21H19NO5. The van der Waals surface area contributed by atoms with E-state index in [1.807, 2.05) is 50.2 Å². The van der Waals surface area contributed by atoms with Crippen LogP contribution in [0.1, 0.15) is 30.9 Å². The van der Waals surface area contributed by atoms with E-state index in [1.54, 1.807) is 0 Å². The number of hydrogen-bond donors (Lipinski definition) is 1. The largest absolute Gasteiger partial charge is 0.491 e. The molecule has 0 amide bonds. The van der Waals surface area contributed by atoms with E-state index in [9.17, 15) is 4.79 Å². The number of fused-ring (bicyclic) bond motifs is 2. The second-order valence-electron chi connectivity index (χ2n) is 7.06. The summed E-state index contributed by atoms with van der Waals surface area (Å²) in [6.07, 6.45) is 0.0700. The number of carbonyl (C=O) groups excluding carboxylic acids is 1. The highest BCUT2D eigenvalue weighted by Gasteiger charge is 2.39. The van der Waals surface area contributed by atoms with Crippen LogP contribution < -0.4 is 19.5 Å². The Morgan fingerprint density at radius 3 is 2.74 bits per heavy atom. The molecule has 6 heteroatoms. The van der Waals surface area contributed by atoms with Gasteiger partial charge in [-0.1, -0.05) is 12.1 Å². The quantitative estimate of drug-likeness (QED) is 0.839. The number of cyclic esters (lactones) is 1. The first-order valence-corrected chi connectivity index (χ1v) is 8.97. The second kappa shape index (κ2) is 5.94. The molecule has 0 aliphatic carbocycles. The van der Waals surface area contributed by atoms with Crippen LogP contribution in [0.2, 0.25) is 0 Å². The highest BCUT2D eigenvalue weighted by molar-refractivity contribution is 5.97. The molecule has 0 fully saturated rings. The van der Waals surface area contributed by atoms with Crippen LogP contribution >= 0.6 is 0 Å². The highest BCUT2D eigenvalue weighted by Crippen LogP contribution is 2.49. The molecule has 2 aromatic carbocycles. The average Bonchev–Trinajstić information content (AvgIpc) is 3.24. The maximum absolute atomic E-state index is 12.5. The lowest BCUT2D eigenvalue weighted by molar-refractivity contribution is -0.136. The van der Waals surface area contributed by atoms with E-state index in [0.717, 1.165) is 28.3 Å². The topological polar surface area (TPSA) is 66.0 Å². The first-order chi connectivity index (χ1) is 13.1. The summed E-state index contributed by atoms with van der Waals surface area (Å²) in [4.78, 5) is 12.5. The molecule has 1 unspecified atom stereocenters. The number of carbonyl (C=O) groups is 1. The highest BCUT2D eigenvalue weighted by atomic mass is 16.7. The van der Waals surface area contributed by atoms with Crippen LogP contribution in [0.3, 0.4) is 0 Å². The van der Waals surface area contributed by atoms with E-state index in [-0.39, 0.29) is 31.4 Å². The first-order valence-electron chi connectivity index (χ1n) is 8.97. The Morgan fingerprint density at radius 1 is 1.11 bits per heavy atom. The van der Waals surface area contributed by atoms with Crippen molar-refractivity contribution in [2.75, 3.05) is 18.7 Å². The van der Waals surface area contributed by atoms with Crippen LogP contribution in [0.15, 0.2) is 47.7 Å². The first kappa shape index (κ1) is 16.1. The van der Waals surface area contributed by atoms with E-state index in [2.05, 4.69) is 5.32 Å². The third kappa shape index (κ3) is 2.60. The van der Waals surface area contributed by atoms with Gasteiger partial charge in [-0.25, -0.2) is 4.79 Å². The number of hydrogen-bond acceptors (Lipinski definition) is 6. The van der Waals surface area contributed by atoms with Gasteiger partial charge in [-0.05, 0) is 43.2 Å². The molecule has 0 aromatic heterocycles. The lowest BCUT2D eigenvalue weighted by Crippen LogP contribution is -2.20. The molecule has 138 valence electrons. The van der Waals surface area contributed by atoms with E-state index < -0.39 is 0 Å². The molecule has 6 nitrogen and oxygen atoms in total. The van der Waals surface area contributed by atoms with E-state index in [0.29, 0.717) is 17.1 Å². The number of esters is 1. The van der Waals surface area contributed by atoms with Gasteiger partial charge in [0.05, 0.1) is 17.4 Å². The predicted molar refractivity (Wildman–Crippen MR) is 98.2 cm³/mol. The summed E-state index contributed by atoms with van der Waals surface area (Å²) < 4.78 is 22.2. The molecule has 0 radical (unpaired) electrons. The van der Waals surface area contributed by atoms with Gasteiger partial charge in [0.15, 0.2) is 11.5 Å². The zero-order valence-electron chi connectivity index (χ0n) is 15.1. The van der Waals surface area contributed by atoms with Gasteiger partial charge in [0.1, 0.15) is 12.4 Å². The van der Waals surface area contributed by atoms with E-state index in [4.69, 9.17) is 18.9 Å². The van der Waals surface area contributed by atoms with Crippen molar-refractivity contribution < 1.29 is 23.7 Å². The third-order valence-corrected chi connectivity index (χ3v) is 4.89. The molecule has 3 heterocycles. The molecular weight excluding hydrogens is 346 g/mol. The normalized spacial score (nSPS) is 19.5. The molecule has 27 heavy (non-hydrogen) atoms. The van der Waals surface area contributed by atoms with Gasteiger partial charge in [0.2, 0.25) is 6.79 Å². The van der Waals surface area contributed by atoms with Crippen molar-refractivity contribution in [2.45, 2.75) is 25.9 Å². The lowest BCUT2D eigenvalue weighted by atomic mass is 9.81. The van der Waals surface area contributed by atoms with Crippen molar-refractivity contribution in [3.05, 3.63) is 58.8 Å².